The Morgan fingerprint density at radius 3 is 2.65 bits per heavy atom. The van der Waals surface area contributed by atoms with Crippen LogP contribution in [0.4, 0.5) is 0 Å². The van der Waals surface area contributed by atoms with Crippen LogP contribution in [0.5, 0.6) is 0 Å². The molecule has 1 aromatic carbocycles. The van der Waals surface area contributed by atoms with Crippen molar-refractivity contribution in [3.8, 4) is 5.69 Å². The Bertz CT molecular complexity index is 1190. The maximum absolute atomic E-state index is 12.9. The second kappa shape index (κ2) is 9.67. The minimum atomic E-state index is -0.334. The summed E-state index contributed by atoms with van der Waals surface area (Å²) >= 11 is 7.69. The van der Waals surface area contributed by atoms with E-state index in [4.69, 9.17) is 11.6 Å². The largest absolute Gasteiger partial charge is 0.345 e. The molecule has 0 spiro atoms. The van der Waals surface area contributed by atoms with Crippen LogP contribution < -0.4 is 5.32 Å². The van der Waals surface area contributed by atoms with Crippen molar-refractivity contribution in [1.29, 1.82) is 0 Å². The molecule has 4 rings (SSSR count). The Morgan fingerprint density at radius 2 is 1.90 bits per heavy atom. The molecular formula is C21H18ClN7OS. The van der Waals surface area contributed by atoms with Gasteiger partial charge in [0.2, 0.25) is 0 Å². The van der Waals surface area contributed by atoms with E-state index >= 15 is 0 Å². The van der Waals surface area contributed by atoms with Crippen LogP contribution in [0.1, 0.15) is 27.4 Å². The Kier molecular flexibility index (Phi) is 6.54. The van der Waals surface area contributed by atoms with Crippen LogP contribution in [-0.2, 0) is 12.3 Å². The average molecular weight is 452 g/mol. The summed E-state index contributed by atoms with van der Waals surface area (Å²) in [6.45, 7) is 2.21. The molecule has 0 aliphatic carbocycles. The van der Waals surface area contributed by atoms with E-state index in [1.165, 1.54) is 11.8 Å². The zero-order valence-corrected chi connectivity index (χ0v) is 18.1. The number of amides is 1. The molecule has 3 aromatic heterocycles. The molecule has 0 aliphatic heterocycles. The van der Waals surface area contributed by atoms with Gasteiger partial charge in [-0.3, -0.25) is 9.78 Å². The predicted octanol–water partition coefficient (Wildman–Crippen LogP) is 3.64. The van der Waals surface area contributed by atoms with Crippen LogP contribution in [0.3, 0.4) is 0 Å². The second-order valence-electron chi connectivity index (χ2n) is 6.55. The number of nitrogens with one attached hydrogen (secondary N) is 1. The lowest BCUT2D eigenvalue weighted by atomic mass is 10.2. The van der Waals surface area contributed by atoms with E-state index in [1.54, 1.807) is 35.4 Å². The van der Waals surface area contributed by atoms with Gasteiger partial charge in [-0.15, -0.1) is 5.10 Å². The predicted molar refractivity (Wildman–Crippen MR) is 118 cm³/mol. The van der Waals surface area contributed by atoms with Crippen molar-refractivity contribution in [3.05, 3.63) is 88.7 Å². The van der Waals surface area contributed by atoms with Gasteiger partial charge in [0, 0.05) is 29.4 Å². The van der Waals surface area contributed by atoms with E-state index in [2.05, 4.69) is 30.6 Å². The highest BCUT2D eigenvalue weighted by Gasteiger charge is 2.21. The van der Waals surface area contributed by atoms with Crippen molar-refractivity contribution in [3.63, 3.8) is 0 Å². The number of aromatic nitrogens is 6. The first-order valence-electron chi connectivity index (χ1n) is 9.41. The van der Waals surface area contributed by atoms with Gasteiger partial charge in [0.05, 0.1) is 23.6 Å². The number of hydrogen-bond donors (Lipinski definition) is 1. The van der Waals surface area contributed by atoms with Crippen LogP contribution >= 0.6 is 23.4 Å². The van der Waals surface area contributed by atoms with E-state index in [0.717, 1.165) is 16.9 Å². The maximum Gasteiger partial charge on any atom is 0.274 e. The monoisotopic (exact) mass is 451 g/mol. The third-order valence-corrected chi connectivity index (χ3v) is 5.71. The Labute approximate surface area is 188 Å². The van der Waals surface area contributed by atoms with E-state index in [1.807, 2.05) is 37.3 Å². The third kappa shape index (κ3) is 5.07. The molecule has 0 bridgehead atoms. The molecule has 8 nitrogen and oxygen atoms in total. The Morgan fingerprint density at radius 1 is 1.10 bits per heavy atom. The number of pyridine rings is 1. The van der Waals surface area contributed by atoms with Gasteiger partial charge in [-0.05, 0) is 42.8 Å². The summed E-state index contributed by atoms with van der Waals surface area (Å²) in [6, 6.07) is 12.9. The molecule has 0 aliphatic rings. The van der Waals surface area contributed by atoms with Crippen molar-refractivity contribution >= 4 is 29.3 Å². The summed E-state index contributed by atoms with van der Waals surface area (Å²) in [4.78, 5) is 25.6. The van der Waals surface area contributed by atoms with Crippen LogP contribution in [-0.4, -0.2) is 35.9 Å². The van der Waals surface area contributed by atoms with Crippen molar-refractivity contribution in [2.45, 2.75) is 24.4 Å². The first-order valence-corrected chi connectivity index (χ1v) is 10.8. The van der Waals surface area contributed by atoms with Crippen molar-refractivity contribution < 1.29 is 4.79 Å². The topological polar surface area (TPSA) is 98.5 Å². The van der Waals surface area contributed by atoms with E-state index < -0.39 is 0 Å². The summed E-state index contributed by atoms with van der Waals surface area (Å²) in [5.41, 5.74) is 3.28. The Hall–Kier alpha value is -3.30. The van der Waals surface area contributed by atoms with E-state index in [9.17, 15) is 4.79 Å². The second-order valence-corrected chi connectivity index (χ2v) is 7.90. The van der Waals surface area contributed by atoms with Crippen LogP contribution in [0, 0.1) is 6.92 Å². The van der Waals surface area contributed by atoms with Gasteiger partial charge in [0.25, 0.3) is 5.91 Å². The number of nitrogens with zero attached hydrogens (tertiary/aromatic N) is 6. The number of thioether (sulfide) groups is 1. The number of benzene rings is 1. The fourth-order valence-electron chi connectivity index (χ4n) is 2.78. The van der Waals surface area contributed by atoms with E-state index in [0.29, 0.717) is 21.6 Å². The number of hydrogen-bond acceptors (Lipinski definition) is 7. The first kappa shape index (κ1) is 21.0. The summed E-state index contributed by atoms with van der Waals surface area (Å²) in [6.07, 6.45) is 5.02. The lowest BCUT2D eigenvalue weighted by molar-refractivity contribution is 0.0944. The quantitative estimate of drug-likeness (QED) is 0.338. The number of rotatable bonds is 7. The van der Waals surface area contributed by atoms with Crippen molar-refractivity contribution in [2.24, 2.45) is 0 Å². The zero-order chi connectivity index (χ0) is 21.6. The molecular weight excluding hydrogens is 434 g/mol. The highest BCUT2D eigenvalue weighted by atomic mass is 35.5. The lowest BCUT2D eigenvalue weighted by Gasteiger charge is -2.09. The average Bonchev–Trinajstić information content (AvgIpc) is 3.23. The summed E-state index contributed by atoms with van der Waals surface area (Å²) < 4.78 is 1.62. The SMILES string of the molecule is Cc1ccc(-n2nnc(C(=O)NCc3ccccn3)c2CSc2ncccn2)cc1Cl. The fourth-order valence-corrected chi connectivity index (χ4v) is 3.75. The number of aryl methyl sites for hydroxylation is 1. The van der Waals surface area contributed by atoms with Gasteiger partial charge in [-0.1, -0.05) is 40.7 Å². The molecule has 0 radical (unpaired) electrons. The number of halogens is 1. The molecule has 4 aromatic rings. The molecule has 31 heavy (non-hydrogen) atoms. The summed E-state index contributed by atoms with van der Waals surface area (Å²) in [7, 11) is 0. The van der Waals surface area contributed by atoms with Crippen LogP contribution in [0.25, 0.3) is 5.69 Å². The fraction of sp³-hybridized carbons (Fsp3) is 0.143. The van der Waals surface area contributed by atoms with Gasteiger partial charge in [-0.25, -0.2) is 14.6 Å². The minimum Gasteiger partial charge on any atom is -0.345 e. The van der Waals surface area contributed by atoms with Gasteiger partial charge >= 0.3 is 0 Å². The van der Waals surface area contributed by atoms with Gasteiger partial charge in [0.1, 0.15) is 0 Å². The standard InChI is InChI=1S/C21H18ClN7OS/c1-14-6-7-16(11-17(14)22)29-18(13-31-21-24-9-4-10-25-21)19(27-28-29)20(30)26-12-15-5-2-3-8-23-15/h2-11H,12-13H2,1H3,(H,26,30). The molecule has 0 saturated carbocycles. The maximum atomic E-state index is 12.9. The number of carbonyl (C=O) groups excluding carboxylic acids is 1. The highest BCUT2D eigenvalue weighted by molar-refractivity contribution is 7.98. The smallest absolute Gasteiger partial charge is 0.274 e. The summed E-state index contributed by atoms with van der Waals surface area (Å²) in [5, 5.41) is 12.4. The van der Waals surface area contributed by atoms with Gasteiger partial charge < -0.3 is 5.32 Å². The number of carbonyl (C=O) groups is 1. The summed E-state index contributed by atoms with van der Waals surface area (Å²) in [5.74, 6) is 0.0640. The molecule has 10 heteroatoms. The molecule has 1 amide bonds. The van der Waals surface area contributed by atoms with Crippen molar-refractivity contribution in [1.82, 2.24) is 35.3 Å². The zero-order valence-electron chi connectivity index (χ0n) is 16.6. The molecule has 156 valence electrons. The first-order chi connectivity index (χ1) is 15.1. The van der Waals surface area contributed by atoms with Crippen LogP contribution in [0.15, 0.2) is 66.2 Å². The molecule has 0 unspecified atom stereocenters. The Balaban J connectivity index is 1.62. The lowest BCUT2D eigenvalue weighted by Crippen LogP contribution is -2.25. The minimum absolute atomic E-state index is 0.232. The highest BCUT2D eigenvalue weighted by Crippen LogP contribution is 2.25. The van der Waals surface area contributed by atoms with Gasteiger partial charge in [0.15, 0.2) is 10.9 Å². The molecule has 0 saturated heterocycles. The van der Waals surface area contributed by atoms with Gasteiger partial charge in [-0.2, -0.15) is 0 Å². The molecule has 1 N–H and O–H groups in total. The normalized spacial score (nSPS) is 10.8. The molecule has 3 heterocycles. The van der Waals surface area contributed by atoms with Crippen LogP contribution in [0.2, 0.25) is 5.02 Å². The molecule has 0 atom stereocenters. The van der Waals surface area contributed by atoms with Crippen molar-refractivity contribution in [2.75, 3.05) is 0 Å². The molecule has 0 fully saturated rings. The van der Waals surface area contributed by atoms with E-state index in [-0.39, 0.29) is 18.1 Å². The third-order valence-electron chi connectivity index (χ3n) is 4.41.